The Bertz CT molecular complexity index is 402. The second-order valence-electron chi connectivity index (χ2n) is 4.33. The Kier molecular flexibility index (Phi) is 3.59. The molecule has 1 fully saturated rings. The molecular formula is C11H15ClN4O. The van der Waals surface area contributed by atoms with Crippen molar-refractivity contribution in [2.24, 2.45) is 5.73 Å². The molecule has 0 aliphatic heterocycles. The molecule has 1 aromatic rings. The molecule has 1 saturated carbocycles. The monoisotopic (exact) mass is 254 g/mol. The van der Waals surface area contributed by atoms with Gasteiger partial charge in [-0.25, -0.2) is 0 Å². The van der Waals surface area contributed by atoms with E-state index in [0.29, 0.717) is 17.7 Å². The third-order valence-corrected chi connectivity index (χ3v) is 2.88. The summed E-state index contributed by atoms with van der Waals surface area (Å²) >= 11 is 5.66. The van der Waals surface area contributed by atoms with Gasteiger partial charge in [-0.3, -0.25) is 4.79 Å². The highest BCUT2D eigenvalue weighted by Gasteiger charge is 2.33. The molecule has 1 aliphatic carbocycles. The molecule has 0 spiro atoms. The molecule has 1 heterocycles. The van der Waals surface area contributed by atoms with Crippen LogP contribution in [-0.4, -0.2) is 33.1 Å². The van der Waals surface area contributed by atoms with Crippen LogP contribution >= 0.6 is 11.6 Å². The summed E-state index contributed by atoms with van der Waals surface area (Å²) in [5.74, 6) is -0.0377. The number of halogens is 1. The minimum absolute atomic E-state index is 0.0377. The van der Waals surface area contributed by atoms with E-state index in [1.54, 1.807) is 24.0 Å². The molecule has 17 heavy (non-hydrogen) atoms. The third kappa shape index (κ3) is 3.14. The van der Waals surface area contributed by atoms with E-state index in [4.69, 9.17) is 17.3 Å². The summed E-state index contributed by atoms with van der Waals surface area (Å²) in [5, 5.41) is 8.07. The van der Waals surface area contributed by atoms with Gasteiger partial charge >= 0.3 is 0 Å². The van der Waals surface area contributed by atoms with Gasteiger partial charge in [-0.15, -0.1) is 5.10 Å². The lowest BCUT2D eigenvalue weighted by atomic mass is 10.2. The average molecular weight is 255 g/mol. The van der Waals surface area contributed by atoms with Crippen molar-refractivity contribution in [2.75, 3.05) is 0 Å². The standard InChI is InChI=1S/C11H15ClN4O/c1-7(13)11(17)16(9-3-4-9)6-8-2-5-10(12)15-14-8/h2,5,7,9H,3-4,6,13H2,1H3. The number of rotatable bonds is 4. The van der Waals surface area contributed by atoms with Gasteiger partial charge in [-0.05, 0) is 31.9 Å². The van der Waals surface area contributed by atoms with Crippen LogP contribution in [0, 0.1) is 0 Å². The van der Waals surface area contributed by atoms with E-state index in [9.17, 15) is 4.79 Å². The van der Waals surface area contributed by atoms with Gasteiger partial charge in [0.25, 0.3) is 0 Å². The Morgan fingerprint density at radius 2 is 2.29 bits per heavy atom. The molecule has 1 unspecified atom stereocenters. The van der Waals surface area contributed by atoms with Crippen LogP contribution in [-0.2, 0) is 11.3 Å². The largest absolute Gasteiger partial charge is 0.332 e. The quantitative estimate of drug-likeness (QED) is 0.869. The van der Waals surface area contributed by atoms with Crippen molar-refractivity contribution >= 4 is 17.5 Å². The summed E-state index contributed by atoms with van der Waals surface area (Å²) in [4.78, 5) is 13.7. The fourth-order valence-corrected chi connectivity index (χ4v) is 1.74. The van der Waals surface area contributed by atoms with Crippen molar-refractivity contribution in [3.8, 4) is 0 Å². The predicted molar refractivity (Wildman–Crippen MR) is 64.3 cm³/mol. The van der Waals surface area contributed by atoms with Crippen LogP contribution in [0.15, 0.2) is 12.1 Å². The van der Waals surface area contributed by atoms with Crippen LogP contribution in [0.1, 0.15) is 25.5 Å². The van der Waals surface area contributed by atoms with Crippen LogP contribution in [0.3, 0.4) is 0 Å². The first kappa shape index (κ1) is 12.3. The first-order valence-electron chi connectivity index (χ1n) is 5.62. The Morgan fingerprint density at radius 1 is 1.59 bits per heavy atom. The lowest BCUT2D eigenvalue weighted by Gasteiger charge is -2.23. The molecule has 2 rings (SSSR count). The predicted octanol–water partition coefficient (Wildman–Crippen LogP) is 0.968. The Hall–Kier alpha value is -1.20. The molecule has 92 valence electrons. The van der Waals surface area contributed by atoms with Crippen molar-refractivity contribution in [1.82, 2.24) is 15.1 Å². The first-order chi connectivity index (χ1) is 8.08. The second-order valence-corrected chi connectivity index (χ2v) is 4.72. The summed E-state index contributed by atoms with van der Waals surface area (Å²) in [6.07, 6.45) is 2.08. The van der Waals surface area contributed by atoms with Gasteiger partial charge in [0.15, 0.2) is 5.15 Å². The smallest absolute Gasteiger partial charge is 0.239 e. The summed E-state index contributed by atoms with van der Waals surface area (Å²) < 4.78 is 0. The molecule has 1 aromatic heterocycles. The molecule has 5 nitrogen and oxygen atoms in total. The van der Waals surface area contributed by atoms with Crippen LogP contribution in [0.25, 0.3) is 0 Å². The van der Waals surface area contributed by atoms with Crippen LogP contribution in [0.4, 0.5) is 0 Å². The number of hydrogen-bond acceptors (Lipinski definition) is 4. The molecule has 1 aliphatic rings. The minimum Gasteiger partial charge on any atom is -0.332 e. The van der Waals surface area contributed by atoms with E-state index in [-0.39, 0.29) is 5.91 Å². The van der Waals surface area contributed by atoms with Gasteiger partial charge in [-0.2, -0.15) is 5.10 Å². The fraction of sp³-hybridized carbons (Fsp3) is 0.545. The van der Waals surface area contributed by atoms with Crippen LogP contribution in [0.2, 0.25) is 5.15 Å². The van der Waals surface area contributed by atoms with E-state index < -0.39 is 6.04 Å². The van der Waals surface area contributed by atoms with E-state index in [1.165, 1.54) is 0 Å². The summed E-state index contributed by atoms with van der Waals surface area (Å²) in [6.45, 7) is 2.15. The zero-order chi connectivity index (χ0) is 12.4. The maximum absolute atomic E-state index is 11.9. The molecule has 0 radical (unpaired) electrons. The number of nitrogens with two attached hydrogens (primary N) is 1. The van der Waals surface area contributed by atoms with Crippen molar-refractivity contribution in [3.05, 3.63) is 23.0 Å². The Balaban J connectivity index is 2.07. The van der Waals surface area contributed by atoms with Crippen molar-refractivity contribution < 1.29 is 4.79 Å². The second kappa shape index (κ2) is 4.98. The molecule has 0 aromatic carbocycles. The van der Waals surface area contributed by atoms with Crippen molar-refractivity contribution in [2.45, 2.75) is 38.4 Å². The van der Waals surface area contributed by atoms with E-state index in [2.05, 4.69) is 10.2 Å². The van der Waals surface area contributed by atoms with E-state index in [0.717, 1.165) is 18.5 Å². The van der Waals surface area contributed by atoms with Gasteiger partial charge in [0, 0.05) is 6.04 Å². The topological polar surface area (TPSA) is 72.1 Å². The number of nitrogens with zero attached hydrogens (tertiary/aromatic N) is 3. The highest BCUT2D eigenvalue weighted by molar-refractivity contribution is 6.29. The normalized spacial score (nSPS) is 16.6. The minimum atomic E-state index is -0.476. The Labute approximate surface area is 105 Å². The lowest BCUT2D eigenvalue weighted by Crippen LogP contribution is -2.43. The number of carbonyl (C=O) groups is 1. The van der Waals surface area contributed by atoms with Gasteiger partial charge in [0.05, 0.1) is 18.3 Å². The van der Waals surface area contributed by atoms with E-state index in [1.807, 2.05) is 0 Å². The fourth-order valence-electron chi connectivity index (χ4n) is 1.64. The summed E-state index contributed by atoms with van der Waals surface area (Å²) in [6, 6.07) is 3.28. The van der Waals surface area contributed by atoms with Gasteiger partial charge < -0.3 is 10.6 Å². The van der Waals surface area contributed by atoms with Gasteiger partial charge in [0.2, 0.25) is 5.91 Å². The molecule has 1 atom stereocenters. The SMILES string of the molecule is CC(N)C(=O)N(Cc1ccc(Cl)nn1)C1CC1. The maximum atomic E-state index is 11.9. The molecule has 0 saturated heterocycles. The molecule has 6 heteroatoms. The number of carbonyl (C=O) groups excluding carboxylic acids is 1. The van der Waals surface area contributed by atoms with E-state index >= 15 is 0 Å². The third-order valence-electron chi connectivity index (χ3n) is 2.68. The van der Waals surface area contributed by atoms with Crippen LogP contribution in [0.5, 0.6) is 0 Å². The van der Waals surface area contributed by atoms with Crippen LogP contribution < -0.4 is 5.73 Å². The lowest BCUT2D eigenvalue weighted by molar-refractivity contribution is -0.133. The van der Waals surface area contributed by atoms with Crippen molar-refractivity contribution in [3.63, 3.8) is 0 Å². The zero-order valence-electron chi connectivity index (χ0n) is 9.64. The summed E-state index contributed by atoms with van der Waals surface area (Å²) in [5.41, 5.74) is 6.36. The maximum Gasteiger partial charge on any atom is 0.239 e. The molecular weight excluding hydrogens is 240 g/mol. The van der Waals surface area contributed by atoms with Gasteiger partial charge in [-0.1, -0.05) is 11.6 Å². The number of amides is 1. The summed E-state index contributed by atoms with van der Waals surface area (Å²) in [7, 11) is 0. The molecule has 2 N–H and O–H groups in total. The molecule has 1 amide bonds. The first-order valence-corrected chi connectivity index (χ1v) is 6.00. The number of aromatic nitrogens is 2. The van der Waals surface area contributed by atoms with Crippen molar-refractivity contribution in [1.29, 1.82) is 0 Å². The number of hydrogen-bond donors (Lipinski definition) is 1. The zero-order valence-corrected chi connectivity index (χ0v) is 10.4. The highest BCUT2D eigenvalue weighted by atomic mass is 35.5. The molecule has 0 bridgehead atoms. The average Bonchev–Trinajstić information content (AvgIpc) is 3.11. The Morgan fingerprint density at radius 3 is 2.76 bits per heavy atom. The van der Waals surface area contributed by atoms with Gasteiger partial charge in [0.1, 0.15) is 0 Å². The highest BCUT2D eigenvalue weighted by Crippen LogP contribution is 2.28.